The molecule has 0 fully saturated rings. The molecule has 0 aliphatic heterocycles. The standard InChI is InChI=1S/C38H48BF9NO3.C7H4F3/c1-5-6-7-8-9-10-11-12-13-14-15-16-34(49(2,3)4)33-27-30(38(46,47)48)21-26-35(33)52-39(50-31-22-17-28(18-23-31)36(40,41)42)51-32-24-19-29(20-25-32)37(43,44)45;8-7(9,10)6-4-2-1-3-5-6/h17-27,34H,5-16H2,1-4H3;2-5H/q+1;-1. The first kappa shape index (κ1) is 51.8. The van der Waals surface area contributed by atoms with Gasteiger partial charge in [-0.1, -0.05) is 76.7 Å². The van der Waals surface area contributed by atoms with Crippen LogP contribution in [0.25, 0.3) is 0 Å². The van der Waals surface area contributed by atoms with Crippen LogP contribution in [0.2, 0.25) is 0 Å². The van der Waals surface area contributed by atoms with Crippen molar-refractivity contribution in [2.24, 2.45) is 0 Å². The van der Waals surface area contributed by atoms with Gasteiger partial charge in [-0.3, -0.25) is 0 Å². The van der Waals surface area contributed by atoms with E-state index in [1.54, 1.807) is 0 Å². The van der Waals surface area contributed by atoms with Crippen molar-refractivity contribution in [3.63, 3.8) is 0 Å². The highest BCUT2D eigenvalue weighted by Crippen LogP contribution is 2.41. The summed E-state index contributed by atoms with van der Waals surface area (Å²) in [5, 5.41) is 0. The summed E-state index contributed by atoms with van der Waals surface area (Å²) in [4.78, 5) is 0. The third kappa shape index (κ3) is 18.1. The van der Waals surface area contributed by atoms with Crippen LogP contribution >= 0.6 is 0 Å². The second-order valence-electron chi connectivity index (χ2n) is 15.7. The van der Waals surface area contributed by atoms with Gasteiger partial charge in [-0.15, -0.1) is 0 Å². The predicted octanol–water partition coefficient (Wildman–Crippen LogP) is 15.2. The highest BCUT2D eigenvalue weighted by molar-refractivity contribution is 6.39. The maximum atomic E-state index is 14.0. The van der Waals surface area contributed by atoms with Crippen molar-refractivity contribution in [1.29, 1.82) is 0 Å². The van der Waals surface area contributed by atoms with Gasteiger partial charge in [0.2, 0.25) is 0 Å². The molecule has 0 aromatic heterocycles. The van der Waals surface area contributed by atoms with Crippen molar-refractivity contribution in [3.05, 3.63) is 125 Å². The lowest BCUT2D eigenvalue weighted by Gasteiger charge is -2.36. The van der Waals surface area contributed by atoms with Crippen molar-refractivity contribution < 1.29 is 71.1 Å². The minimum atomic E-state index is -4.67. The Hall–Kier alpha value is -4.54. The second kappa shape index (κ2) is 23.2. The van der Waals surface area contributed by atoms with Gasteiger partial charge in [-0.25, -0.2) is 0 Å². The van der Waals surface area contributed by atoms with E-state index in [-0.39, 0.29) is 27.3 Å². The Labute approximate surface area is 355 Å². The number of hydrogen-bond donors (Lipinski definition) is 0. The number of benzene rings is 4. The summed E-state index contributed by atoms with van der Waals surface area (Å²) < 4.78 is 174. The van der Waals surface area contributed by atoms with E-state index >= 15 is 0 Å². The largest absolute Gasteiger partial charge is 0.864 e. The lowest BCUT2D eigenvalue weighted by molar-refractivity contribution is -0.902. The molecule has 1 unspecified atom stereocenters. The van der Waals surface area contributed by atoms with Gasteiger partial charge in [0.15, 0.2) is 0 Å². The fraction of sp³-hybridized carbons (Fsp3) is 0.467. The third-order valence-corrected chi connectivity index (χ3v) is 9.81. The maximum absolute atomic E-state index is 14.0. The molecule has 62 heavy (non-hydrogen) atoms. The van der Waals surface area contributed by atoms with Crippen LogP contribution in [0.1, 0.15) is 118 Å². The Kier molecular flexibility index (Phi) is 19.4. The van der Waals surface area contributed by atoms with E-state index < -0.39 is 60.3 Å². The predicted molar refractivity (Wildman–Crippen MR) is 214 cm³/mol. The van der Waals surface area contributed by atoms with Crippen LogP contribution in [0.3, 0.4) is 0 Å². The fourth-order valence-corrected chi connectivity index (χ4v) is 6.47. The first-order valence-electron chi connectivity index (χ1n) is 20.3. The van der Waals surface area contributed by atoms with Gasteiger partial charge in [0.25, 0.3) is 0 Å². The molecule has 0 heterocycles. The highest BCUT2D eigenvalue weighted by atomic mass is 19.4. The number of quaternary nitrogens is 1. The molecule has 4 rings (SSSR count). The minimum absolute atomic E-state index is 0.0436. The summed E-state index contributed by atoms with van der Waals surface area (Å²) in [5.74, 6) is -0.345. The second-order valence-corrected chi connectivity index (χ2v) is 15.7. The number of rotatable bonds is 20. The van der Waals surface area contributed by atoms with Crippen molar-refractivity contribution >= 4 is 7.32 Å². The van der Waals surface area contributed by atoms with E-state index in [1.807, 2.05) is 21.1 Å². The Morgan fingerprint density at radius 1 is 0.484 bits per heavy atom. The summed E-state index contributed by atoms with van der Waals surface area (Å²) in [7, 11) is 3.73. The Morgan fingerprint density at radius 3 is 1.23 bits per heavy atom. The van der Waals surface area contributed by atoms with E-state index in [0.717, 1.165) is 111 Å². The Balaban J connectivity index is 0.000000895. The van der Waals surface area contributed by atoms with Gasteiger partial charge in [0.1, 0.15) is 23.3 Å². The maximum Gasteiger partial charge on any atom is 0.864 e. The molecule has 17 heteroatoms. The molecule has 0 N–H and O–H groups in total. The Bertz CT molecular complexity index is 1820. The van der Waals surface area contributed by atoms with E-state index in [9.17, 15) is 52.7 Å². The van der Waals surface area contributed by atoms with Crippen LogP contribution in [0, 0.1) is 6.07 Å². The van der Waals surface area contributed by atoms with Crippen LogP contribution in [0.15, 0.2) is 91.0 Å². The van der Waals surface area contributed by atoms with Crippen LogP contribution in [0.4, 0.5) is 52.7 Å². The van der Waals surface area contributed by atoms with Crippen LogP contribution in [-0.2, 0) is 24.7 Å². The minimum Gasteiger partial charge on any atom is -0.490 e. The smallest absolute Gasteiger partial charge is 0.490 e. The quantitative estimate of drug-likeness (QED) is 0.0291. The Morgan fingerprint density at radius 2 is 0.855 bits per heavy atom. The van der Waals surface area contributed by atoms with Crippen molar-refractivity contribution in [3.8, 4) is 17.2 Å². The van der Waals surface area contributed by atoms with Crippen LogP contribution < -0.4 is 14.0 Å². The van der Waals surface area contributed by atoms with Gasteiger partial charge in [-0.2, -0.15) is 83.0 Å². The van der Waals surface area contributed by atoms with Gasteiger partial charge >= 0.3 is 32.0 Å². The van der Waals surface area contributed by atoms with Crippen molar-refractivity contribution in [2.45, 2.75) is 115 Å². The SMILES string of the molecule is CCCCCCCCCCCCCC(c1cc(C(F)(F)F)ccc1OB(Oc1ccc(C(F)(F)F)cc1)Oc1ccc(C(F)(F)F)cc1)[N+](C)(C)C.FC(F)(F)c1cc[c-]cc1. The molecule has 0 bridgehead atoms. The highest BCUT2D eigenvalue weighted by Gasteiger charge is 2.39. The molecule has 4 aromatic rings. The fourth-order valence-electron chi connectivity index (χ4n) is 6.47. The van der Waals surface area contributed by atoms with Gasteiger partial charge in [-0.05, 0) is 73.2 Å². The first-order valence-corrected chi connectivity index (χ1v) is 20.3. The molecule has 0 saturated heterocycles. The summed E-state index contributed by atoms with van der Waals surface area (Å²) >= 11 is 0. The van der Waals surface area contributed by atoms with E-state index in [4.69, 9.17) is 14.0 Å². The zero-order valence-electron chi connectivity index (χ0n) is 35.0. The number of alkyl halides is 12. The molecule has 0 spiro atoms. The van der Waals surface area contributed by atoms with Gasteiger partial charge in [0.05, 0.1) is 43.4 Å². The summed E-state index contributed by atoms with van der Waals surface area (Å²) in [6.45, 7) is 2.18. The molecule has 0 saturated carbocycles. The molecular weight excluding hydrogens is 841 g/mol. The molecule has 4 aromatic carbocycles. The summed E-state index contributed by atoms with van der Waals surface area (Å²) in [5.41, 5.74) is -3.26. The molecule has 0 radical (unpaired) electrons. The summed E-state index contributed by atoms with van der Waals surface area (Å²) in [6.07, 6.45) is -5.46. The van der Waals surface area contributed by atoms with E-state index in [1.165, 1.54) is 50.7 Å². The molecule has 1 atom stereocenters. The average molecular weight is 894 g/mol. The van der Waals surface area contributed by atoms with E-state index in [2.05, 4.69) is 13.0 Å². The number of nitrogens with zero attached hydrogens (tertiary/aromatic N) is 1. The molecule has 0 amide bonds. The zero-order valence-corrected chi connectivity index (χ0v) is 35.0. The van der Waals surface area contributed by atoms with Gasteiger partial charge < -0.3 is 18.4 Å². The lowest BCUT2D eigenvalue weighted by Crippen LogP contribution is -2.41. The monoisotopic (exact) mass is 893 g/mol. The number of hydrogen-bond acceptors (Lipinski definition) is 3. The lowest BCUT2D eigenvalue weighted by atomic mass is 9.94. The topological polar surface area (TPSA) is 27.7 Å². The molecular formula is C45H52BF12NO3. The molecule has 0 aliphatic rings. The van der Waals surface area contributed by atoms with Crippen molar-refractivity contribution in [1.82, 2.24) is 0 Å². The normalized spacial score (nSPS) is 12.9. The van der Waals surface area contributed by atoms with Crippen LogP contribution in [-0.4, -0.2) is 32.9 Å². The molecule has 4 nitrogen and oxygen atoms in total. The average Bonchev–Trinajstić information content (AvgIpc) is 3.18. The molecule has 0 aliphatic carbocycles. The molecule has 342 valence electrons. The number of unbranched alkanes of at least 4 members (excludes halogenated alkanes) is 10. The third-order valence-electron chi connectivity index (χ3n) is 9.81. The number of halogens is 12. The van der Waals surface area contributed by atoms with Crippen molar-refractivity contribution in [2.75, 3.05) is 21.1 Å². The van der Waals surface area contributed by atoms with E-state index in [0.29, 0.717) is 6.42 Å². The summed E-state index contributed by atoms with van der Waals surface area (Å²) in [6, 6.07) is 16.5. The zero-order chi connectivity index (χ0) is 46.2. The van der Waals surface area contributed by atoms with Gasteiger partial charge in [0, 0.05) is 6.42 Å². The van der Waals surface area contributed by atoms with Crippen LogP contribution in [0.5, 0.6) is 17.2 Å². The first-order chi connectivity index (χ1) is 28.9.